The van der Waals surface area contributed by atoms with Crippen molar-refractivity contribution in [1.82, 2.24) is 0 Å². The van der Waals surface area contributed by atoms with Gasteiger partial charge in [0.05, 0.1) is 0 Å². The van der Waals surface area contributed by atoms with Gasteiger partial charge in [-0.25, -0.2) is 0 Å². The molecule has 0 bridgehead atoms. The fraction of sp³-hybridized carbons (Fsp3) is 0.667. The Bertz CT molecular complexity index is 333. The third-order valence-corrected chi connectivity index (χ3v) is 3.79. The predicted molar refractivity (Wildman–Crippen MR) is 92.0 cm³/mol. The maximum atomic E-state index is 2.56. The van der Waals surface area contributed by atoms with Crippen molar-refractivity contribution in [3.63, 3.8) is 0 Å². The van der Waals surface area contributed by atoms with Crippen LogP contribution < -0.4 is 9.80 Å². The minimum atomic E-state index is 1.19. The molecule has 0 aromatic heterocycles. The highest BCUT2D eigenvalue weighted by Gasteiger charge is 2.06. The molecule has 2 nitrogen and oxygen atoms in total. The van der Waals surface area contributed by atoms with E-state index in [1.807, 2.05) is 0 Å². The standard InChI is InChI=1S/C18H32N2/c1-5-7-9-15-20(16-10-8-6-2)18-13-11-17(12-14-18)19(3)4/h11-14H,5-10,15-16H2,1-4H3. The lowest BCUT2D eigenvalue weighted by molar-refractivity contribution is 0.636. The number of anilines is 2. The normalized spacial score (nSPS) is 10.6. The second-order valence-corrected chi connectivity index (χ2v) is 5.81. The first-order valence-electron chi connectivity index (χ1n) is 8.21. The lowest BCUT2D eigenvalue weighted by Gasteiger charge is -2.25. The molecule has 0 aliphatic heterocycles. The molecule has 0 unspecified atom stereocenters. The van der Waals surface area contributed by atoms with E-state index in [-0.39, 0.29) is 0 Å². The van der Waals surface area contributed by atoms with Crippen LogP contribution in [0.3, 0.4) is 0 Å². The topological polar surface area (TPSA) is 6.48 Å². The molecule has 2 heteroatoms. The van der Waals surface area contributed by atoms with E-state index in [0.29, 0.717) is 0 Å². The molecule has 0 N–H and O–H groups in total. The van der Waals surface area contributed by atoms with Crippen LogP contribution in [0.15, 0.2) is 24.3 Å². The Hall–Kier alpha value is -1.18. The fourth-order valence-electron chi connectivity index (χ4n) is 2.44. The lowest BCUT2D eigenvalue weighted by Crippen LogP contribution is -2.25. The van der Waals surface area contributed by atoms with Crippen molar-refractivity contribution in [3.05, 3.63) is 24.3 Å². The van der Waals surface area contributed by atoms with Crippen LogP contribution in [0.1, 0.15) is 52.4 Å². The number of hydrogen-bond acceptors (Lipinski definition) is 2. The highest BCUT2D eigenvalue weighted by atomic mass is 15.1. The van der Waals surface area contributed by atoms with Gasteiger partial charge in [0.25, 0.3) is 0 Å². The molecule has 1 aromatic carbocycles. The fourth-order valence-corrected chi connectivity index (χ4v) is 2.44. The van der Waals surface area contributed by atoms with Crippen LogP contribution >= 0.6 is 0 Å². The van der Waals surface area contributed by atoms with Gasteiger partial charge in [-0.15, -0.1) is 0 Å². The molecule has 0 aliphatic rings. The van der Waals surface area contributed by atoms with Crippen LogP contribution in [0.2, 0.25) is 0 Å². The third-order valence-electron chi connectivity index (χ3n) is 3.79. The summed E-state index contributed by atoms with van der Waals surface area (Å²) in [6, 6.07) is 8.99. The summed E-state index contributed by atoms with van der Waals surface area (Å²) in [5.74, 6) is 0. The van der Waals surface area contributed by atoms with Crippen LogP contribution in [-0.2, 0) is 0 Å². The zero-order valence-corrected chi connectivity index (χ0v) is 13.9. The molecule has 20 heavy (non-hydrogen) atoms. The van der Waals surface area contributed by atoms with E-state index in [9.17, 15) is 0 Å². The largest absolute Gasteiger partial charge is 0.378 e. The number of hydrogen-bond donors (Lipinski definition) is 0. The molecule has 0 amide bonds. The number of nitrogens with zero attached hydrogens (tertiary/aromatic N) is 2. The van der Waals surface area contributed by atoms with Crippen LogP contribution in [0.25, 0.3) is 0 Å². The average molecular weight is 276 g/mol. The minimum absolute atomic E-state index is 1.19. The van der Waals surface area contributed by atoms with Gasteiger partial charge < -0.3 is 9.80 Å². The van der Waals surface area contributed by atoms with Crippen molar-refractivity contribution in [2.24, 2.45) is 0 Å². The Morgan fingerprint density at radius 3 is 1.55 bits per heavy atom. The van der Waals surface area contributed by atoms with E-state index in [4.69, 9.17) is 0 Å². The van der Waals surface area contributed by atoms with Gasteiger partial charge in [0.1, 0.15) is 0 Å². The summed E-state index contributed by atoms with van der Waals surface area (Å²) in [6.45, 7) is 6.93. The summed E-state index contributed by atoms with van der Waals surface area (Å²) in [6.07, 6.45) is 7.86. The van der Waals surface area contributed by atoms with Gasteiger partial charge >= 0.3 is 0 Å². The van der Waals surface area contributed by atoms with E-state index in [1.54, 1.807) is 0 Å². The van der Waals surface area contributed by atoms with Gasteiger partial charge in [0.15, 0.2) is 0 Å². The molecule has 0 heterocycles. The molecule has 0 atom stereocenters. The van der Waals surface area contributed by atoms with E-state index in [2.05, 4.69) is 62.0 Å². The Labute approximate surface area is 125 Å². The second-order valence-electron chi connectivity index (χ2n) is 5.81. The van der Waals surface area contributed by atoms with Gasteiger partial charge in [-0.1, -0.05) is 39.5 Å². The summed E-state index contributed by atoms with van der Waals surface area (Å²) in [5.41, 5.74) is 2.65. The van der Waals surface area contributed by atoms with Crippen molar-refractivity contribution < 1.29 is 0 Å². The van der Waals surface area contributed by atoms with Gasteiger partial charge in [-0.2, -0.15) is 0 Å². The van der Waals surface area contributed by atoms with Crippen molar-refractivity contribution >= 4 is 11.4 Å². The molecule has 1 aromatic rings. The summed E-state index contributed by atoms with van der Waals surface area (Å²) in [5, 5.41) is 0. The quantitative estimate of drug-likeness (QED) is 0.558. The van der Waals surface area contributed by atoms with Crippen LogP contribution in [-0.4, -0.2) is 27.2 Å². The molecule has 0 radical (unpaired) electrons. The smallest absolute Gasteiger partial charge is 0.0367 e. The maximum absolute atomic E-state index is 2.56. The van der Waals surface area contributed by atoms with Gasteiger partial charge in [-0.05, 0) is 37.1 Å². The molecule has 0 saturated heterocycles. The van der Waals surface area contributed by atoms with E-state index >= 15 is 0 Å². The Balaban J connectivity index is 2.64. The monoisotopic (exact) mass is 276 g/mol. The molecule has 114 valence electrons. The molecule has 0 saturated carbocycles. The van der Waals surface area contributed by atoms with E-state index in [0.717, 1.165) is 0 Å². The zero-order chi connectivity index (χ0) is 14.8. The highest BCUT2D eigenvalue weighted by Crippen LogP contribution is 2.20. The summed E-state index contributed by atoms with van der Waals surface area (Å²) in [7, 11) is 4.19. The number of benzene rings is 1. The number of unbranched alkanes of at least 4 members (excludes halogenated alkanes) is 4. The van der Waals surface area contributed by atoms with Crippen LogP contribution in [0, 0.1) is 0 Å². The van der Waals surface area contributed by atoms with Gasteiger partial charge in [-0.3, -0.25) is 0 Å². The Kier molecular flexibility index (Phi) is 8.17. The molecule has 0 spiro atoms. The Morgan fingerprint density at radius 1 is 0.700 bits per heavy atom. The number of rotatable bonds is 10. The molecule has 1 rings (SSSR count). The van der Waals surface area contributed by atoms with Gasteiger partial charge in [0.2, 0.25) is 0 Å². The average Bonchev–Trinajstić information content (AvgIpc) is 2.46. The molecule has 0 fully saturated rings. The highest BCUT2D eigenvalue weighted by molar-refractivity contribution is 5.55. The van der Waals surface area contributed by atoms with Gasteiger partial charge in [0, 0.05) is 38.6 Å². The summed E-state index contributed by atoms with van der Waals surface area (Å²) >= 11 is 0. The minimum Gasteiger partial charge on any atom is -0.378 e. The first-order chi connectivity index (χ1) is 9.69. The molecular formula is C18H32N2. The SMILES string of the molecule is CCCCCN(CCCCC)c1ccc(N(C)C)cc1. The summed E-state index contributed by atoms with van der Waals surface area (Å²) in [4.78, 5) is 4.72. The van der Waals surface area contributed by atoms with Crippen molar-refractivity contribution in [1.29, 1.82) is 0 Å². The van der Waals surface area contributed by atoms with Crippen molar-refractivity contribution in [2.75, 3.05) is 37.0 Å². The first-order valence-corrected chi connectivity index (χ1v) is 8.21. The van der Waals surface area contributed by atoms with E-state index in [1.165, 1.54) is 63.0 Å². The van der Waals surface area contributed by atoms with E-state index < -0.39 is 0 Å². The van der Waals surface area contributed by atoms with Crippen molar-refractivity contribution in [2.45, 2.75) is 52.4 Å². The first kappa shape index (κ1) is 16.9. The summed E-state index contributed by atoms with van der Waals surface area (Å²) < 4.78 is 0. The van der Waals surface area contributed by atoms with Crippen molar-refractivity contribution in [3.8, 4) is 0 Å². The predicted octanol–water partition coefficient (Wildman–Crippen LogP) is 4.94. The Morgan fingerprint density at radius 2 is 1.15 bits per heavy atom. The maximum Gasteiger partial charge on any atom is 0.0367 e. The van der Waals surface area contributed by atoms with Crippen LogP contribution in [0.5, 0.6) is 0 Å². The third kappa shape index (κ3) is 5.85. The van der Waals surface area contributed by atoms with Crippen LogP contribution in [0.4, 0.5) is 11.4 Å². The second kappa shape index (κ2) is 9.68. The molecular weight excluding hydrogens is 244 g/mol. The zero-order valence-electron chi connectivity index (χ0n) is 13.9. The lowest BCUT2D eigenvalue weighted by atomic mass is 10.2. The molecule has 0 aliphatic carbocycles.